The van der Waals surface area contributed by atoms with Crippen molar-refractivity contribution in [1.29, 1.82) is 0 Å². The number of halogens is 1. The van der Waals surface area contributed by atoms with Gasteiger partial charge in [0, 0.05) is 36.2 Å². The van der Waals surface area contributed by atoms with E-state index in [0.717, 1.165) is 15.6 Å². The van der Waals surface area contributed by atoms with Crippen LogP contribution in [0.3, 0.4) is 0 Å². The molecule has 1 atom stereocenters. The van der Waals surface area contributed by atoms with Gasteiger partial charge < -0.3 is 5.11 Å². The highest BCUT2D eigenvalue weighted by molar-refractivity contribution is 9.10. The van der Waals surface area contributed by atoms with E-state index in [0.29, 0.717) is 18.8 Å². The minimum absolute atomic E-state index is 0.0349. The first-order valence-corrected chi connectivity index (χ1v) is 6.36. The number of pyridine rings is 1. The van der Waals surface area contributed by atoms with Gasteiger partial charge in [0.15, 0.2) is 0 Å². The number of carbonyl (C=O) groups excluding carboxylic acids is 1. The topological polar surface area (TPSA) is 53.4 Å². The van der Waals surface area contributed by atoms with Crippen molar-refractivity contribution < 1.29 is 9.90 Å². The van der Waals surface area contributed by atoms with Crippen molar-refractivity contribution in [3.63, 3.8) is 0 Å². The quantitative estimate of drug-likeness (QED) is 0.906. The van der Waals surface area contributed by atoms with Gasteiger partial charge in [-0.05, 0) is 40.9 Å². The van der Waals surface area contributed by atoms with Crippen LogP contribution in [0, 0.1) is 19.8 Å². The third kappa shape index (κ3) is 2.21. The number of aliphatic hydroxyl groups excluding tert-OH is 1. The summed E-state index contributed by atoms with van der Waals surface area (Å²) < 4.78 is 0.948. The highest BCUT2D eigenvalue weighted by atomic mass is 79.9. The monoisotopic (exact) mass is 298 g/mol. The zero-order chi connectivity index (χ0) is 12.6. The molecule has 1 aromatic rings. The fourth-order valence-corrected chi connectivity index (χ4v) is 2.44. The third-order valence-electron chi connectivity index (χ3n) is 3.28. The van der Waals surface area contributed by atoms with Crippen LogP contribution in [-0.2, 0) is 4.79 Å². The molecule has 0 radical (unpaired) electrons. The van der Waals surface area contributed by atoms with E-state index in [4.69, 9.17) is 5.11 Å². The lowest BCUT2D eigenvalue weighted by Crippen LogP contribution is -2.27. The third-order valence-corrected chi connectivity index (χ3v) is 4.07. The molecule has 1 N–H and O–H groups in total. The fourth-order valence-electron chi connectivity index (χ4n) is 2.04. The van der Waals surface area contributed by atoms with Gasteiger partial charge in [-0.3, -0.25) is 9.69 Å². The van der Waals surface area contributed by atoms with Crippen LogP contribution in [0.2, 0.25) is 0 Å². The average molecular weight is 299 g/mol. The summed E-state index contributed by atoms with van der Waals surface area (Å²) in [6.07, 6.45) is 2.13. The van der Waals surface area contributed by atoms with Gasteiger partial charge in [0.25, 0.3) is 0 Å². The summed E-state index contributed by atoms with van der Waals surface area (Å²) in [6, 6.07) is 0. The standard InChI is InChI=1S/C12H15BrN2O2/c1-7-8(2)12(14-4-10(7)13)15-5-9(6-16)3-11(15)17/h4,9,16H,3,5-6H2,1-2H3. The Hall–Kier alpha value is -0.940. The maximum atomic E-state index is 11.9. The predicted molar refractivity (Wildman–Crippen MR) is 69.0 cm³/mol. The molecule has 1 saturated heterocycles. The number of hydrogen-bond acceptors (Lipinski definition) is 3. The van der Waals surface area contributed by atoms with Crippen LogP contribution >= 0.6 is 15.9 Å². The molecule has 0 aliphatic carbocycles. The molecular weight excluding hydrogens is 284 g/mol. The lowest BCUT2D eigenvalue weighted by atomic mass is 10.1. The average Bonchev–Trinajstić information content (AvgIpc) is 2.68. The zero-order valence-electron chi connectivity index (χ0n) is 9.90. The number of aliphatic hydroxyl groups is 1. The lowest BCUT2D eigenvalue weighted by Gasteiger charge is -2.19. The number of rotatable bonds is 2. The molecule has 1 fully saturated rings. The van der Waals surface area contributed by atoms with E-state index in [-0.39, 0.29) is 18.4 Å². The second-order valence-electron chi connectivity index (χ2n) is 4.44. The summed E-state index contributed by atoms with van der Waals surface area (Å²) in [5.41, 5.74) is 2.10. The summed E-state index contributed by atoms with van der Waals surface area (Å²) in [4.78, 5) is 17.8. The Morgan fingerprint density at radius 2 is 2.24 bits per heavy atom. The summed E-state index contributed by atoms with van der Waals surface area (Å²) in [5, 5.41) is 9.11. The summed E-state index contributed by atoms with van der Waals surface area (Å²) in [7, 11) is 0. The van der Waals surface area contributed by atoms with E-state index in [1.807, 2.05) is 13.8 Å². The van der Waals surface area contributed by atoms with Crippen molar-refractivity contribution in [2.24, 2.45) is 5.92 Å². The van der Waals surface area contributed by atoms with E-state index in [9.17, 15) is 4.79 Å². The Morgan fingerprint density at radius 1 is 1.53 bits per heavy atom. The number of nitrogens with zero attached hydrogens (tertiary/aromatic N) is 2. The second kappa shape index (κ2) is 4.74. The largest absolute Gasteiger partial charge is 0.396 e. The number of amides is 1. The van der Waals surface area contributed by atoms with Crippen LogP contribution in [0.15, 0.2) is 10.7 Å². The van der Waals surface area contributed by atoms with E-state index < -0.39 is 0 Å². The van der Waals surface area contributed by atoms with Crippen molar-refractivity contribution in [2.75, 3.05) is 18.1 Å². The van der Waals surface area contributed by atoms with Crippen LogP contribution in [0.25, 0.3) is 0 Å². The minimum Gasteiger partial charge on any atom is -0.396 e. The Balaban J connectivity index is 2.35. The molecule has 2 rings (SSSR count). The number of aromatic nitrogens is 1. The number of hydrogen-bond donors (Lipinski definition) is 1. The molecule has 5 heteroatoms. The first kappa shape index (κ1) is 12.5. The molecule has 0 spiro atoms. The van der Waals surface area contributed by atoms with Gasteiger partial charge in [0.2, 0.25) is 5.91 Å². The summed E-state index contributed by atoms with van der Waals surface area (Å²) in [5.74, 6) is 0.792. The van der Waals surface area contributed by atoms with E-state index in [1.54, 1.807) is 11.1 Å². The molecular formula is C12H15BrN2O2. The number of anilines is 1. The van der Waals surface area contributed by atoms with Crippen molar-refractivity contribution >= 4 is 27.7 Å². The summed E-state index contributed by atoms with van der Waals surface area (Å²) in [6.45, 7) is 4.57. The molecule has 1 unspecified atom stereocenters. The van der Waals surface area contributed by atoms with Crippen molar-refractivity contribution in [3.8, 4) is 0 Å². The molecule has 1 amide bonds. The van der Waals surface area contributed by atoms with Gasteiger partial charge in [-0.15, -0.1) is 0 Å². The van der Waals surface area contributed by atoms with Crippen molar-refractivity contribution in [1.82, 2.24) is 4.98 Å². The van der Waals surface area contributed by atoms with Gasteiger partial charge in [0.05, 0.1) is 0 Å². The minimum atomic E-state index is 0.0349. The molecule has 0 saturated carbocycles. The van der Waals surface area contributed by atoms with E-state index >= 15 is 0 Å². The van der Waals surface area contributed by atoms with Crippen LogP contribution < -0.4 is 4.90 Å². The fraction of sp³-hybridized carbons (Fsp3) is 0.500. The Kier molecular flexibility index (Phi) is 3.49. The van der Waals surface area contributed by atoms with Gasteiger partial charge in [-0.2, -0.15) is 0 Å². The van der Waals surface area contributed by atoms with E-state index in [1.165, 1.54) is 0 Å². The highest BCUT2D eigenvalue weighted by Gasteiger charge is 2.31. The molecule has 92 valence electrons. The molecule has 17 heavy (non-hydrogen) atoms. The predicted octanol–water partition coefficient (Wildman–Crippen LogP) is 1.81. The molecule has 0 aromatic carbocycles. The first-order valence-electron chi connectivity index (χ1n) is 5.57. The molecule has 1 aliphatic heterocycles. The van der Waals surface area contributed by atoms with E-state index in [2.05, 4.69) is 20.9 Å². The van der Waals surface area contributed by atoms with Crippen LogP contribution in [-0.4, -0.2) is 29.1 Å². The smallest absolute Gasteiger partial charge is 0.228 e. The normalized spacial score (nSPS) is 20.1. The van der Waals surface area contributed by atoms with Gasteiger partial charge in [-0.25, -0.2) is 4.98 Å². The van der Waals surface area contributed by atoms with Crippen LogP contribution in [0.1, 0.15) is 17.5 Å². The molecule has 1 aromatic heterocycles. The van der Waals surface area contributed by atoms with Crippen LogP contribution in [0.4, 0.5) is 5.82 Å². The van der Waals surface area contributed by atoms with Crippen molar-refractivity contribution in [2.45, 2.75) is 20.3 Å². The maximum Gasteiger partial charge on any atom is 0.228 e. The van der Waals surface area contributed by atoms with Gasteiger partial charge in [-0.1, -0.05) is 0 Å². The Morgan fingerprint density at radius 3 is 2.82 bits per heavy atom. The molecule has 0 bridgehead atoms. The molecule has 2 heterocycles. The number of carbonyl (C=O) groups is 1. The highest BCUT2D eigenvalue weighted by Crippen LogP contribution is 2.30. The van der Waals surface area contributed by atoms with Crippen molar-refractivity contribution in [3.05, 3.63) is 21.8 Å². The summed E-state index contributed by atoms with van der Waals surface area (Å²) >= 11 is 3.42. The molecule has 4 nitrogen and oxygen atoms in total. The van der Waals surface area contributed by atoms with Gasteiger partial charge in [0.1, 0.15) is 5.82 Å². The van der Waals surface area contributed by atoms with Gasteiger partial charge >= 0.3 is 0 Å². The Bertz CT molecular complexity index is 462. The maximum absolute atomic E-state index is 11.9. The van der Waals surface area contributed by atoms with Crippen LogP contribution in [0.5, 0.6) is 0 Å². The Labute approximate surface area is 109 Å². The lowest BCUT2D eigenvalue weighted by molar-refractivity contribution is -0.117. The molecule has 1 aliphatic rings. The second-order valence-corrected chi connectivity index (χ2v) is 5.29. The first-order chi connectivity index (χ1) is 8.04. The zero-order valence-corrected chi connectivity index (χ0v) is 11.5. The SMILES string of the molecule is Cc1c(Br)cnc(N2CC(CO)CC2=O)c1C.